The quantitative estimate of drug-likeness (QED) is 0.818. The number of benzene rings is 1. The lowest BCUT2D eigenvalue weighted by Crippen LogP contribution is -2.06. The second-order valence-electron chi connectivity index (χ2n) is 4.27. The molecule has 0 radical (unpaired) electrons. The molecule has 0 spiro atoms. The maximum atomic E-state index is 12.7. The maximum absolute atomic E-state index is 12.7. The predicted molar refractivity (Wildman–Crippen MR) is 74.6 cm³/mol. The predicted octanol–water partition coefficient (Wildman–Crippen LogP) is 5.24. The first-order valence-corrected chi connectivity index (χ1v) is 6.87. The van der Waals surface area contributed by atoms with Gasteiger partial charge in [0.25, 0.3) is 0 Å². The maximum Gasteiger partial charge on any atom is 0.416 e. The zero-order chi connectivity index (χ0) is 14.8. The first-order chi connectivity index (χ1) is 9.40. The number of hydrogen-bond acceptors (Lipinski definition) is 2. The van der Waals surface area contributed by atoms with E-state index in [1.807, 2.05) is 19.1 Å². The van der Waals surface area contributed by atoms with E-state index >= 15 is 0 Å². The molecule has 0 bridgehead atoms. The summed E-state index contributed by atoms with van der Waals surface area (Å²) in [6.07, 6.45) is -3.57. The van der Waals surface area contributed by atoms with Crippen LogP contribution in [0.25, 0.3) is 0 Å². The Morgan fingerprint density at radius 3 is 2.45 bits per heavy atom. The third-order valence-corrected chi connectivity index (χ3v) is 3.50. The average Bonchev–Trinajstić information content (AvgIpc) is 2.84. The Bertz CT molecular complexity index is 592. The molecule has 0 aliphatic heterocycles. The van der Waals surface area contributed by atoms with E-state index in [1.54, 1.807) is 0 Å². The van der Waals surface area contributed by atoms with Gasteiger partial charge in [-0.3, -0.25) is 0 Å². The van der Waals surface area contributed by atoms with Gasteiger partial charge in [-0.1, -0.05) is 6.92 Å². The van der Waals surface area contributed by atoms with Crippen LogP contribution in [0, 0.1) is 0 Å². The molecular formula is C14H13BrF3NO. The minimum absolute atomic E-state index is 0.333. The van der Waals surface area contributed by atoms with E-state index in [0.29, 0.717) is 22.5 Å². The summed E-state index contributed by atoms with van der Waals surface area (Å²) in [6.45, 7) is 2.30. The van der Waals surface area contributed by atoms with Gasteiger partial charge in [0, 0.05) is 16.6 Å². The number of anilines is 1. The van der Waals surface area contributed by atoms with Crippen LogP contribution in [0.5, 0.6) is 0 Å². The van der Waals surface area contributed by atoms with Crippen molar-refractivity contribution < 1.29 is 17.6 Å². The highest BCUT2D eigenvalue weighted by atomic mass is 79.9. The zero-order valence-corrected chi connectivity index (χ0v) is 12.3. The number of furan rings is 1. The summed E-state index contributed by atoms with van der Waals surface area (Å²) >= 11 is 3.23. The van der Waals surface area contributed by atoms with E-state index < -0.39 is 11.7 Å². The van der Waals surface area contributed by atoms with Crippen molar-refractivity contribution in [3.8, 4) is 0 Å². The highest BCUT2D eigenvalue weighted by Crippen LogP contribution is 2.34. The van der Waals surface area contributed by atoms with E-state index in [-0.39, 0.29) is 0 Å². The van der Waals surface area contributed by atoms with Gasteiger partial charge in [-0.15, -0.1) is 0 Å². The Morgan fingerprint density at radius 1 is 1.15 bits per heavy atom. The van der Waals surface area contributed by atoms with Crippen molar-refractivity contribution in [2.24, 2.45) is 0 Å². The average molecular weight is 348 g/mol. The van der Waals surface area contributed by atoms with Crippen LogP contribution >= 0.6 is 15.9 Å². The number of nitrogens with one attached hydrogen (secondary N) is 1. The lowest BCUT2D eigenvalue weighted by Gasteiger charge is -2.11. The molecule has 0 fully saturated rings. The van der Waals surface area contributed by atoms with E-state index in [9.17, 15) is 13.2 Å². The number of alkyl halides is 3. The smallest absolute Gasteiger partial charge is 0.416 e. The standard InChI is InChI=1S/C14H13BrF3NO/c1-2-10-4-5-11(20-10)8-19-13-7-9(14(16,17)18)3-6-12(13)15/h3-7,19H,2,8H2,1H3. The van der Waals surface area contributed by atoms with Crippen LogP contribution in [-0.4, -0.2) is 0 Å². The van der Waals surface area contributed by atoms with Crippen molar-refractivity contribution >= 4 is 21.6 Å². The third kappa shape index (κ3) is 3.56. The highest BCUT2D eigenvalue weighted by molar-refractivity contribution is 9.10. The van der Waals surface area contributed by atoms with E-state index in [0.717, 1.165) is 24.3 Å². The molecule has 0 aliphatic rings. The fraction of sp³-hybridized carbons (Fsp3) is 0.286. The Hall–Kier alpha value is -1.43. The van der Waals surface area contributed by atoms with Gasteiger partial charge in [-0.2, -0.15) is 13.2 Å². The summed E-state index contributed by atoms with van der Waals surface area (Å²) in [7, 11) is 0. The molecule has 0 unspecified atom stereocenters. The van der Waals surface area contributed by atoms with Gasteiger partial charge in [-0.05, 0) is 46.3 Å². The molecule has 6 heteroatoms. The van der Waals surface area contributed by atoms with Crippen molar-refractivity contribution in [2.75, 3.05) is 5.32 Å². The van der Waals surface area contributed by atoms with E-state index in [2.05, 4.69) is 21.2 Å². The molecule has 0 saturated heterocycles. The minimum atomic E-state index is -4.35. The van der Waals surface area contributed by atoms with Gasteiger partial charge in [0.1, 0.15) is 11.5 Å². The molecule has 1 N–H and O–H groups in total. The van der Waals surface area contributed by atoms with Crippen LogP contribution in [0.3, 0.4) is 0 Å². The summed E-state index contributed by atoms with van der Waals surface area (Å²) in [4.78, 5) is 0. The molecule has 0 amide bonds. The van der Waals surface area contributed by atoms with Crippen molar-refractivity contribution in [1.82, 2.24) is 0 Å². The van der Waals surface area contributed by atoms with Crippen LogP contribution in [-0.2, 0) is 19.1 Å². The highest BCUT2D eigenvalue weighted by Gasteiger charge is 2.30. The second-order valence-corrected chi connectivity index (χ2v) is 5.12. The monoisotopic (exact) mass is 347 g/mol. The number of hydrogen-bond donors (Lipinski definition) is 1. The SMILES string of the molecule is CCc1ccc(CNc2cc(C(F)(F)F)ccc2Br)o1. The van der Waals surface area contributed by atoms with Crippen molar-refractivity contribution in [3.05, 3.63) is 51.9 Å². The molecule has 2 rings (SSSR count). The topological polar surface area (TPSA) is 25.2 Å². The second kappa shape index (κ2) is 5.91. The summed E-state index contributed by atoms with van der Waals surface area (Å²) < 4.78 is 44.0. The van der Waals surface area contributed by atoms with Crippen LogP contribution in [0.15, 0.2) is 39.2 Å². The van der Waals surface area contributed by atoms with Gasteiger partial charge in [0.05, 0.1) is 12.1 Å². The third-order valence-electron chi connectivity index (χ3n) is 2.81. The van der Waals surface area contributed by atoms with Crippen molar-refractivity contribution in [2.45, 2.75) is 26.1 Å². The van der Waals surface area contributed by atoms with Crippen LogP contribution in [0.2, 0.25) is 0 Å². The first-order valence-electron chi connectivity index (χ1n) is 6.08. The molecule has 1 aromatic heterocycles. The van der Waals surface area contributed by atoms with E-state index in [4.69, 9.17) is 4.42 Å². The Balaban J connectivity index is 2.12. The molecule has 1 heterocycles. The van der Waals surface area contributed by atoms with E-state index in [1.165, 1.54) is 6.07 Å². The number of rotatable bonds is 4. The van der Waals surface area contributed by atoms with Crippen molar-refractivity contribution in [3.63, 3.8) is 0 Å². The summed E-state index contributed by atoms with van der Waals surface area (Å²) in [5.74, 6) is 1.54. The Morgan fingerprint density at radius 2 is 1.85 bits per heavy atom. The molecule has 0 aliphatic carbocycles. The van der Waals surface area contributed by atoms with Crippen molar-refractivity contribution in [1.29, 1.82) is 0 Å². The largest absolute Gasteiger partial charge is 0.464 e. The van der Waals surface area contributed by atoms with Gasteiger partial charge >= 0.3 is 6.18 Å². The molecule has 0 atom stereocenters. The zero-order valence-electron chi connectivity index (χ0n) is 10.7. The Labute approximate surface area is 123 Å². The van der Waals surface area contributed by atoms with Crippen LogP contribution in [0.1, 0.15) is 24.0 Å². The van der Waals surface area contributed by atoms with Gasteiger partial charge in [0.2, 0.25) is 0 Å². The Kier molecular flexibility index (Phi) is 4.42. The number of halogens is 4. The normalized spacial score (nSPS) is 11.7. The first kappa shape index (κ1) is 15.0. The van der Waals surface area contributed by atoms with Gasteiger partial charge < -0.3 is 9.73 Å². The summed E-state index contributed by atoms with van der Waals surface area (Å²) in [6, 6.07) is 7.17. The molecule has 20 heavy (non-hydrogen) atoms. The fourth-order valence-corrected chi connectivity index (χ4v) is 2.11. The summed E-state index contributed by atoms with van der Waals surface area (Å²) in [5, 5.41) is 2.94. The number of aryl methyl sites for hydroxylation is 1. The van der Waals surface area contributed by atoms with Crippen LogP contribution in [0.4, 0.5) is 18.9 Å². The molecule has 2 aromatic rings. The van der Waals surface area contributed by atoms with Crippen LogP contribution < -0.4 is 5.32 Å². The molecule has 0 saturated carbocycles. The molecule has 1 aromatic carbocycles. The van der Waals surface area contributed by atoms with Gasteiger partial charge in [-0.25, -0.2) is 0 Å². The fourth-order valence-electron chi connectivity index (χ4n) is 1.73. The minimum Gasteiger partial charge on any atom is -0.464 e. The molecule has 108 valence electrons. The lowest BCUT2D eigenvalue weighted by atomic mass is 10.2. The summed E-state index contributed by atoms with van der Waals surface area (Å²) in [5.41, 5.74) is -0.300. The molecule has 2 nitrogen and oxygen atoms in total. The molecular weight excluding hydrogens is 335 g/mol. The van der Waals surface area contributed by atoms with Gasteiger partial charge in [0.15, 0.2) is 0 Å². The lowest BCUT2D eigenvalue weighted by molar-refractivity contribution is -0.137.